The standard InChI is InChI=1S/C19H13Cl2NO7/c20-8-1-2-9(23)13-14(8)19(28)6-29-12(5-7(19)15(21)17(13)26)18(27)22-16-10(24)3-4-11(16)25/h1-2,5,23-24,28H,3-4,6H2,(H,22,27)/t19-/m1/s1. The maximum Gasteiger partial charge on any atom is 0.290 e. The molecule has 4 rings (SSSR count). The Kier molecular flexibility index (Phi) is 4.45. The Morgan fingerprint density at radius 3 is 2.55 bits per heavy atom. The van der Waals surface area contributed by atoms with Crippen molar-refractivity contribution < 1.29 is 34.4 Å². The zero-order chi connectivity index (χ0) is 21.1. The Balaban J connectivity index is 1.77. The van der Waals surface area contributed by atoms with Crippen molar-refractivity contribution in [3.8, 4) is 5.75 Å². The van der Waals surface area contributed by atoms with Gasteiger partial charge in [0.05, 0.1) is 10.6 Å². The van der Waals surface area contributed by atoms with Gasteiger partial charge in [-0.3, -0.25) is 14.4 Å². The van der Waals surface area contributed by atoms with E-state index in [9.17, 15) is 29.7 Å². The zero-order valence-electron chi connectivity index (χ0n) is 14.6. The number of rotatable bonds is 2. The van der Waals surface area contributed by atoms with E-state index in [1.165, 1.54) is 12.1 Å². The van der Waals surface area contributed by atoms with E-state index in [4.69, 9.17) is 27.9 Å². The first-order valence-electron chi connectivity index (χ1n) is 8.45. The zero-order valence-corrected chi connectivity index (χ0v) is 16.1. The number of Topliss-reactive ketones (excluding diaryl/α,β-unsaturated/α-hetero) is 2. The molecule has 1 aliphatic heterocycles. The van der Waals surface area contributed by atoms with E-state index in [1.807, 2.05) is 0 Å². The Morgan fingerprint density at radius 1 is 1.17 bits per heavy atom. The number of carbonyl (C=O) groups is 3. The largest absolute Gasteiger partial charge is 0.510 e. The lowest BCUT2D eigenvalue weighted by Crippen LogP contribution is -2.43. The molecule has 1 amide bonds. The molecule has 8 nitrogen and oxygen atoms in total. The quantitative estimate of drug-likeness (QED) is 0.556. The molecule has 0 bridgehead atoms. The summed E-state index contributed by atoms with van der Waals surface area (Å²) in [6, 6.07) is 2.51. The van der Waals surface area contributed by atoms with Crippen LogP contribution < -0.4 is 5.32 Å². The van der Waals surface area contributed by atoms with Gasteiger partial charge in [0.2, 0.25) is 5.78 Å². The van der Waals surface area contributed by atoms with Gasteiger partial charge in [-0.05, 0) is 18.2 Å². The van der Waals surface area contributed by atoms with Gasteiger partial charge in [0.25, 0.3) is 5.91 Å². The molecule has 1 atom stereocenters. The highest BCUT2D eigenvalue weighted by molar-refractivity contribution is 6.47. The topological polar surface area (TPSA) is 133 Å². The number of hydrogen-bond donors (Lipinski definition) is 4. The Morgan fingerprint density at radius 2 is 1.90 bits per heavy atom. The number of benzene rings is 1. The minimum Gasteiger partial charge on any atom is -0.510 e. The molecule has 1 heterocycles. The molecular formula is C19H13Cl2NO7. The molecule has 1 aromatic rings. The molecule has 2 aliphatic carbocycles. The summed E-state index contributed by atoms with van der Waals surface area (Å²) in [4.78, 5) is 36.9. The van der Waals surface area contributed by atoms with Crippen LogP contribution in [0.15, 0.2) is 46.0 Å². The second-order valence-corrected chi connectivity index (χ2v) is 7.51. The third kappa shape index (κ3) is 2.83. The van der Waals surface area contributed by atoms with Crippen LogP contribution in [0.1, 0.15) is 28.8 Å². The minimum atomic E-state index is -1.98. The monoisotopic (exact) mass is 437 g/mol. The molecule has 0 saturated heterocycles. The maximum atomic E-state index is 12.7. The Labute approximate surface area is 173 Å². The number of aromatic hydroxyl groups is 1. The number of hydrogen-bond acceptors (Lipinski definition) is 7. The van der Waals surface area contributed by atoms with Crippen molar-refractivity contribution in [1.29, 1.82) is 0 Å². The van der Waals surface area contributed by atoms with Crippen LogP contribution in [0.3, 0.4) is 0 Å². The van der Waals surface area contributed by atoms with Gasteiger partial charge in [0.15, 0.2) is 17.1 Å². The number of aliphatic hydroxyl groups excluding tert-OH is 1. The number of ketones is 2. The highest BCUT2D eigenvalue weighted by Crippen LogP contribution is 2.49. The lowest BCUT2D eigenvalue weighted by Gasteiger charge is -2.38. The number of aliphatic hydroxyl groups is 2. The van der Waals surface area contributed by atoms with E-state index in [0.29, 0.717) is 0 Å². The van der Waals surface area contributed by atoms with Gasteiger partial charge in [0.1, 0.15) is 23.8 Å². The van der Waals surface area contributed by atoms with Crippen molar-refractivity contribution in [2.24, 2.45) is 0 Å². The lowest BCUT2D eigenvalue weighted by atomic mass is 9.76. The maximum absolute atomic E-state index is 12.7. The first-order valence-corrected chi connectivity index (χ1v) is 9.21. The van der Waals surface area contributed by atoms with E-state index in [0.717, 1.165) is 6.08 Å². The Hall–Kier alpha value is -2.81. The molecule has 0 unspecified atom stereocenters. The summed E-state index contributed by atoms with van der Waals surface area (Å²) in [6.45, 7) is -0.528. The van der Waals surface area contributed by atoms with Gasteiger partial charge < -0.3 is 25.4 Å². The SMILES string of the molecule is O=C1CCC(O)=C1NC(=O)C1=CC2=C(Cl)C(=O)c3c(O)ccc(Cl)c3[C@@]2(O)CO1. The summed E-state index contributed by atoms with van der Waals surface area (Å²) in [5.74, 6) is -3.03. The van der Waals surface area contributed by atoms with Crippen molar-refractivity contribution in [3.05, 3.63) is 62.2 Å². The fourth-order valence-corrected chi connectivity index (χ4v) is 4.15. The third-order valence-electron chi connectivity index (χ3n) is 4.99. The first-order chi connectivity index (χ1) is 13.6. The number of nitrogens with one attached hydrogen (secondary N) is 1. The first kappa shape index (κ1) is 19.5. The van der Waals surface area contributed by atoms with E-state index in [-0.39, 0.29) is 51.8 Å². The summed E-state index contributed by atoms with van der Waals surface area (Å²) in [6.07, 6.45) is 1.27. The van der Waals surface area contributed by atoms with Gasteiger partial charge in [-0.1, -0.05) is 23.2 Å². The van der Waals surface area contributed by atoms with E-state index in [1.54, 1.807) is 0 Å². The van der Waals surface area contributed by atoms with Crippen molar-refractivity contribution >= 4 is 40.7 Å². The minimum absolute atomic E-state index is 0.00634. The van der Waals surface area contributed by atoms with E-state index >= 15 is 0 Å². The molecule has 3 aliphatic rings. The van der Waals surface area contributed by atoms with Crippen LogP contribution in [0.2, 0.25) is 5.02 Å². The Bertz CT molecular complexity index is 1100. The van der Waals surface area contributed by atoms with Crippen molar-refractivity contribution in [2.45, 2.75) is 18.4 Å². The van der Waals surface area contributed by atoms with Gasteiger partial charge in [0, 0.05) is 29.0 Å². The molecule has 150 valence electrons. The van der Waals surface area contributed by atoms with E-state index < -0.39 is 40.5 Å². The highest BCUT2D eigenvalue weighted by Gasteiger charge is 2.49. The number of fused-ring (bicyclic) bond motifs is 3. The average Bonchev–Trinajstić information content (AvgIpc) is 2.99. The van der Waals surface area contributed by atoms with Crippen LogP contribution in [0.25, 0.3) is 0 Å². The number of ether oxygens (including phenoxy) is 1. The summed E-state index contributed by atoms with van der Waals surface area (Å²) >= 11 is 12.3. The fourth-order valence-electron chi connectivity index (χ4n) is 3.53. The molecule has 10 heteroatoms. The normalized spacial score (nSPS) is 23.5. The predicted molar refractivity (Wildman–Crippen MR) is 100 cm³/mol. The van der Waals surface area contributed by atoms with Gasteiger partial charge in [-0.2, -0.15) is 0 Å². The van der Waals surface area contributed by atoms with Gasteiger partial charge >= 0.3 is 0 Å². The number of carbonyl (C=O) groups excluding carboxylic acids is 3. The highest BCUT2D eigenvalue weighted by atomic mass is 35.5. The molecule has 1 aromatic carbocycles. The number of phenols is 1. The molecule has 0 radical (unpaired) electrons. The van der Waals surface area contributed by atoms with Crippen LogP contribution in [-0.2, 0) is 19.9 Å². The van der Waals surface area contributed by atoms with Crippen molar-refractivity contribution in [3.63, 3.8) is 0 Å². The molecular weight excluding hydrogens is 425 g/mol. The molecule has 0 fully saturated rings. The molecule has 0 saturated carbocycles. The van der Waals surface area contributed by atoms with Gasteiger partial charge in [-0.15, -0.1) is 0 Å². The van der Waals surface area contributed by atoms with Crippen LogP contribution in [0.4, 0.5) is 0 Å². The van der Waals surface area contributed by atoms with Gasteiger partial charge in [-0.25, -0.2) is 0 Å². The van der Waals surface area contributed by atoms with Crippen molar-refractivity contribution in [2.75, 3.05) is 6.61 Å². The summed E-state index contributed by atoms with van der Waals surface area (Å²) in [5, 5.41) is 32.9. The molecule has 0 spiro atoms. The molecule has 0 aromatic heterocycles. The van der Waals surface area contributed by atoms with Crippen LogP contribution >= 0.6 is 23.2 Å². The smallest absolute Gasteiger partial charge is 0.290 e. The van der Waals surface area contributed by atoms with Crippen LogP contribution in [0, 0.1) is 0 Å². The summed E-state index contributed by atoms with van der Waals surface area (Å²) in [7, 11) is 0. The van der Waals surface area contributed by atoms with Crippen LogP contribution in [-0.4, -0.2) is 39.4 Å². The van der Waals surface area contributed by atoms with E-state index in [2.05, 4.69) is 5.32 Å². The third-order valence-corrected chi connectivity index (χ3v) is 5.68. The second kappa shape index (κ2) is 6.62. The number of allylic oxidation sites excluding steroid dienone is 3. The molecule has 4 N–H and O–H groups in total. The second-order valence-electron chi connectivity index (χ2n) is 6.73. The number of halogens is 2. The number of amides is 1. The van der Waals surface area contributed by atoms with Crippen LogP contribution in [0.5, 0.6) is 5.75 Å². The predicted octanol–water partition coefficient (Wildman–Crippen LogP) is 2.09. The molecule has 29 heavy (non-hydrogen) atoms. The summed E-state index contributed by atoms with van der Waals surface area (Å²) < 4.78 is 5.37. The van der Waals surface area contributed by atoms with Crippen molar-refractivity contribution in [1.82, 2.24) is 5.32 Å². The number of phenolic OH excluding ortho intramolecular Hbond substituents is 1. The fraction of sp³-hybridized carbons (Fsp3) is 0.211. The summed E-state index contributed by atoms with van der Waals surface area (Å²) in [5.41, 5.74) is -2.66. The lowest BCUT2D eigenvalue weighted by molar-refractivity contribution is -0.124. The average molecular weight is 438 g/mol.